The first-order valence-corrected chi connectivity index (χ1v) is 22.2. The van der Waals surface area contributed by atoms with Gasteiger partial charge in [-0.05, 0) is 77.0 Å². The minimum absolute atomic E-state index is 0.0769. The van der Waals surface area contributed by atoms with E-state index in [1.54, 1.807) is 0 Å². The third-order valence-electron chi connectivity index (χ3n) is 8.01. The van der Waals surface area contributed by atoms with Crippen LogP contribution in [0.5, 0.6) is 0 Å². The number of allylic oxidation sites excluding steroid dienone is 16. The zero-order valence-corrected chi connectivity index (χ0v) is 34.8. The number of unbranched alkanes of at least 4 members (excludes halogenated alkanes) is 9. The highest BCUT2D eigenvalue weighted by atomic mass is 31.2. The Bertz CT molecular complexity index is 1140. The molecule has 0 saturated carbocycles. The summed E-state index contributed by atoms with van der Waals surface area (Å²) in [6.45, 7) is 4.54. The average Bonchev–Trinajstić information content (AvgIpc) is 3.16. The van der Waals surface area contributed by atoms with Crippen molar-refractivity contribution in [1.29, 1.82) is 0 Å². The van der Waals surface area contributed by atoms with Crippen LogP contribution in [0, 0.1) is 0 Å². The Morgan fingerprint density at radius 1 is 0.556 bits per heavy atom. The molecule has 2 unspecified atom stereocenters. The first kappa shape index (κ1) is 51.4. The fourth-order valence-corrected chi connectivity index (χ4v) is 5.82. The maximum Gasteiger partial charge on any atom is 0.472 e. The number of hydrogen-bond acceptors (Lipinski definition) is 7. The van der Waals surface area contributed by atoms with Crippen LogP contribution in [0.2, 0.25) is 0 Å². The van der Waals surface area contributed by atoms with Crippen molar-refractivity contribution in [1.82, 2.24) is 0 Å². The van der Waals surface area contributed by atoms with E-state index >= 15 is 0 Å². The lowest BCUT2D eigenvalue weighted by molar-refractivity contribution is -0.154. The van der Waals surface area contributed by atoms with Crippen molar-refractivity contribution in [2.45, 2.75) is 148 Å². The van der Waals surface area contributed by atoms with E-state index in [1.807, 2.05) is 12.2 Å². The number of nitrogens with two attached hydrogens (primary N) is 1. The van der Waals surface area contributed by atoms with E-state index in [2.05, 4.69) is 98.9 Å². The highest BCUT2D eigenvalue weighted by Gasteiger charge is 2.25. The molecule has 0 aromatic rings. The van der Waals surface area contributed by atoms with E-state index < -0.39 is 19.9 Å². The molecule has 0 amide bonds. The van der Waals surface area contributed by atoms with Crippen molar-refractivity contribution >= 4 is 13.8 Å². The average molecular weight is 774 g/mol. The molecule has 0 spiro atoms. The van der Waals surface area contributed by atoms with E-state index in [1.165, 1.54) is 38.5 Å². The van der Waals surface area contributed by atoms with Gasteiger partial charge in [-0.3, -0.25) is 13.8 Å². The molecule has 0 radical (unpaired) electrons. The number of carbonyl (C=O) groups excluding carboxylic acids is 1. The van der Waals surface area contributed by atoms with Crippen LogP contribution in [0.15, 0.2) is 97.2 Å². The summed E-state index contributed by atoms with van der Waals surface area (Å²) >= 11 is 0. The van der Waals surface area contributed by atoms with Crippen molar-refractivity contribution in [3.8, 4) is 0 Å². The molecule has 0 aliphatic heterocycles. The molecule has 0 aliphatic rings. The summed E-state index contributed by atoms with van der Waals surface area (Å²) in [6, 6.07) is 0. The molecule has 54 heavy (non-hydrogen) atoms. The standard InChI is InChI=1S/C45H76NO7P/c1-3-5-7-9-11-13-15-17-18-19-20-21-22-23-24-25-27-29-31-33-35-37-40-50-42-44(43-52-54(48,49)51-41-39-46)53-45(47)38-36-34-32-30-28-26-16-14-12-10-8-6-4-2/h5-8,11-14,17-18,20-21,26,28,32,34,44H,3-4,9-10,15-16,19,22-25,27,29-31,33,35-43,46H2,1-2H3,(H,48,49)/b7-5-,8-6-,13-11-,14-12-,18-17-,21-20-,28-26-,34-32-. The highest BCUT2D eigenvalue weighted by Crippen LogP contribution is 2.43. The Morgan fingerprint density at radius 2 is 0.981 bits per heavy atom. The lowest BCUT2D eigenvalue weighted by Crippen LogP contribution is -2.28. The number of carbonyl (C=O) groups is 1. The van der Waals surface area contributed by atoms with Gasteiger partial charge in [0.25, 0.3) is 0 Å². The van der Waals surface area contributed by atoms with Crippen molar-refractivity contribution in [2.75, 3.05) is 33.0 Å². The fourth-order valence-electron chi connectivity index (χ4n) is 5.06. The molecule has 9 heteroatoms. The van der Waals surface area contributed by atoms with Crippen molar-refractivity contribution < 1.29 is 32.8 Å². The van der Waals surface area contributed by atoms with Gasteiger partial charge in [-0.15, -0.1) is 0 Å². The summed E-state index contributed by atoms with van der Waals surface area (Å²) in [6.07, 6.45) is 54.5. The van der Waals surface area contributed by atoms with Gasteiger partial charge in [0.1, 0.15) is 6.10 Å². The predicted molar refractivity (Wildman–Crippen MR) is 228 cm³/mol. The molecular formula is C45H76NO7P. The van der Waals surface area contributed by atoms with Crippen molar-refractivity contribution in [3.05, 3.63) is 97.2 Å². The summed E-state index contributed by atoms with van der Waals surface area (Å²) in [5.74, 6) is -0.417. The Labute approximate surface area is 330 Å². The summed E-state index contributed by atoms with van der Waals surface area (Å²) in [5.41, 5.74) is 5.35. The minimum Gasteiger partial charge on any atom is -0.457 e. The monoisotopic (exact) mass is 774 g/mol. The second kappa shape index (κ2) is 41.6. The molecule has 8 nitrogen and oxygen atoms in total. The van der Waals surface area contributed by atoms with E-state index in [4.69, 9.17) is 24.3 Å². The van der Waals surface area contributed by atoms with Crippen LogP contribution in [0.4, 0.5) is 0 Å². The molecule has 308 valence electrons. The molecule has 3 N–H and O–H groups in total. The van der Waals surface area contributed by atoms with Gasteiger partial charge < -0.3 is 20.1 Å². The zero-order chi connectivity index (χ0) is 39.5. The maximum absolute atomic E-state index is 12.5. The lowest BCUT2D eigenvalue weighted by Gasteiger charge is -2.20. The molecule has 0 aromatic carbocycles. The van der Waals surface area contributed by atoms with Gasteiger partial charge >= 0.3 is 13.8 Å². The highest BCUT2D eigenvalue weighted by molar-refractivity contribution is 7.47. The number of phosphoric acid groups is 1. The number of hydrogen-bond donors (Lipinski definition) is 2. The second-order valence-corrected chi connectivity index (χ2v) is 14.5. The van der Waals surface area contributed by atoms with E-state index in [0.29, 0.717) is 13.0 Å². The van der Waals surface area contributed by atoms with Gasteiger partial charge in [0.2, 0.25) is 0 Å². The molecule has 0 fully saturated rings. The molecule has 0 bridgehead atoms. The van der Waals surface area contributed by atoms with Crippen LogP contribution in [0.1, 0.15) is 142 Å². The van der Waals surface area contributed by atoms with Crippen LogP contribution in [0.3, 0.4) is 0 Å². The summed E-state index contributed by atoms with van der Waals surface area (Å²) in [5, 5.41) is 0. The van der Waals surface area contributed by atoms with Gasteiger partial charge in [-0.2, -0.15) is 0 Å². The summed E-state index contributed by atoms with van der Waals surface area (Å²) < 4.78 is 33.3. The Kier molecular flexibility index (Phi) is 39.6. The maximum atomic E-state index is 12.5. The predicted octanol–water partition coefficient (Wildman–Crippen LogP) is 12.3. The second-order valence-electron chi connectivity index (χ2n) is 13.1. The van der Waals surface area contributed by atoms with Gasteiger partial charge in [0.05, 0.1) is 19.8 Å². The SMILES string of the molecule is CC/C=C\C/C=C\C/C=C\C/C=C\CCCCCCCCCCCOCC(COP(=O)(O)OCCN)OC(=O)CC/C=C\C/C=C\C/C=C\C/C=C\CC. The molecule has 0 saturated heterocycles. The first-order chi connectivity index (χ1) is 26.4. The van der Waals surface area contributed by atoms with Gasteiger partial charge in [0, 0.05) is 19.6 Å². The van der Waals surface area contributed by atoms with Gasteiger partial charge in [-0.25, -0.2) is 4.57 Å². The number of ether oxygens (including phenoxy) is 2. The number of phosphoric ester groups is 1. The third-order valence-corrected chi connectivity index (χ3v) is 8.99. The quantitative estimate of drug-likeness (QED) is 0.0276. The van der Waals surface area contributed by atoms with Crippen LogP contribution >= 0.6 is 7.82 Å². The molecule has 0 aliphatic carbocycles. The molecule has 0 heterocycles. The smallest absolute Gasteiger partial charge is 0.457 e. The van der Waals surface area contributed by atoms with E-state index in [0.717, 1.165) is 77.0 Å². The van der Waals surface area contributed by atoms with E-state index in [9.17, 15) is 14.3 Å². The Morgan fingerprint density at radius 3 is 1.46 bits per heavy atom. The lowest BCUT2D eigenvalue weighted by atomic mass is 10.1. The third kappa shape index (κ3) is 40.6. The summed E-state index contributed by atoms with van der Waals surface area (Å²) in [7, 11) is -4.30. The zero-order valence-electron chi connectivity index (χ0n) is 33.9. The Balaban J connectivity index is 4.11. The fraction of sp³-hybridized carbons (Fsp3) is 0.622. The summed E-state index contributed by atoms with van der Waals surface area (Å²) in [4.78, 5) is 22.4. The topological polar surface area (TPSA) is 117 Å². The number of esters is 1. The molecule has 2 atom stereocenters. The van der Waals surface area contributed by atoms with E-state index in [-0.39, 0.29) is 32.8 Å². The Hall–Kier alpha value is -2.58. The molecule has 0 aromatic heterocycles. The first-order valence-electron chi connectivity index (χ1n) is 20.7. The molecular weight excluding hydrogens is 697 g/mol. The van der Waals surface area contributed by atoms with Crippen LogP contribution in [0.25, 0.3) is 0 Å². The van der Waals surface area contributed by atoms with Crippen LogP contribution in [-0.2, 0) is 27.9 Å². The minimum atomic E-state index is -4.30. The van der Waals surface area contributed by atoms with Gasteiger partial charge in [-0.1, -0.05) is 156 Å². The van der Waals surface area contributed by atoms with Crippen molar-refractivity contribution in [3.63, 3.8) is 0 Å². The number of rotatable bonds is 38. The van der Waals surface area contributed by atoms with Crippen molar-refractivity contribution in [2.24, 2.45) is 5.73 Å². The normalized spacial score (nSPS) is 14.5. The van der Waals surface area contributed by atoms with Crippen LogP contribution < -0.4 is 5.73 Å². The largest absolute Gasteiger partial charge is 0.472 e. The van der Waals surface area contributed by atoms with Crippen LogP contribution in [-0.4, -0.2) is 49.9 Å². The van der Waals surface area contributed by atoms with Gasteiger partial charge in [0.15, 0.2) is 0 Å². The molecule has 0 rings (SSSR count).